The lowest BCUT2D eigenvalue weighted by Gasteiger charge is -2.22. The Hall–Kier alpha value is -1.37. The number of rotatable bonds is 2. The van der Waals surface area contributed by atoms with Crippen molar-refractivity contribution in [2.45, 2.75) is 25.2 Å². The molecule has 0 N–H and O–H groups in total. The highest BCUT2D eigenvalue weighted by molar-refractivity contribution is 5.65. The first-order chi connectivity index (χ1) is 6.92. The summed E-state index contributed by atoms with van der Waals surface area (Å²) < 4.78 is 0. The average Bonchev–Trinajstić information content (AvgIpc) is 2.26. The summed E-state index contributed by atoms with van der Waals surface area (Å²) in [5.74, 6) is 0.449. The van der Waals surface area contributed by atoms with E-state index >= 15 is 0 Å². The van der Waals surface area contributed by atoms with E-state index in [-0.39, 0.29) is 0 Å². The molecule has 1 aromatic rings. The molecule has 1 unspecified atom stereocenters. The first kappa shape index (κ1) is 9.20. The summed E-state index contributed by atoms with van der Waals surface area (Å²) in [4.78, 5) is 10.3. The number of aryl methyl sites for hydroxylation is 1. The molecule has 0 saturated carbocycles. The molecule has 1 aliphatic carbocycles. The zero-order chi connectivity index (χ0) is 9.80. The third-order valence-electron chi connectivity index (χ3n) is 2.84. The molecule has 0 spiro atoms. The van der Waals surface area contributed by atoms with E-state index in [1.165, 1.54) is 30.4 Å². The van der Waals surface area contributed by atoms with Gasteiger partial charge in [-0.1, -0.05) is 30.3 Å². The molecule has 2 rings (SSSR count). The van der Waals surface area contributed by atoms with E-state index in [1.54, 1.807) is 6.08 Å². The number of benzene rings is 1. The molecule has 1 heteroatoms. The Bertz CT molecular complexity index is 352. The van der Waals surface area contributed by atoms with Gasteiger partial charge < -0.3 is 0 Å². The first-order valence-corrected chi connectivity index (χ1v) is 5.11. The lowest BCUT2D eigenvalue weighted by atomic mass is 9.83. The van der Waals surface area contributed by atoms with Crippen molar-refractivity contribution in [1.82, 2.24) is 0 Å². The van der Waals surface area contributed by atoms with Crippen molar-refractivity contribution >= 4 is 6.29 Å². The van der Waals surface area contributed by atoms with Gasteiger partial charge in [0.1, 0.15) is 6.29 Å². The Labute approximate surface area is 84.5 Å². The summed E-state index contributed by atoms with van der Waals surface area (Å²) in [6.45, 7) is 0. The molecule has 0 aliphatic heterocycles. The van der Waals surface area contributed by atoms with Gasteiger partial charge in [0.15, 0.2) is 0 Å². The molecule has 0 heterocycles. The van der Waals surface area contributed by atoms with Crippen molar-refractivity contribution in [3.8, 4) is 0 Å². The fourth-order valence-electron chi connectivity index (χ4n) is 2.17. The number of allylic oxidation sites excluding steroid dienone is 2. The minimum atomic E-state index is 0.449. The van der Waals surface area contributed by atoms with Gasteiger partial charge in [0, 0.05) is 5.92 Å². The topological polar surface area (TPSA) is 17.1 Å². The smallest absolute Gasteiger partial charge is 0.142 e. The molecular weight excluding hydrogens is 172 g/mol. The Morgan fingerprint density at radius 1 is 1.29 bits per heavy atom. The van der Waals surface area contributed by atoms with Gasteiger partial charge >= 0.3 is 0 Å². The Morgan fingerprint density at radius 2 is 2.14 bits per heavy atom. The molecule has 72 valence electrons. The van der Waals surface area contributed by atoms with Gasteiger partial charge in [0.05, 0.1) is 0 Å². The number of carbonyl (C=O) groups is 1. The SMILES string of the molecule is O=C/C=C/C1CCCc2ccccc21. The average molecular weight is 186 g/mol. The highest BCUT2D eigenvalue weighted by Crippen LogP contribution is 2.31. The molecule has 1 aliphatic rings. The highest BCUT2D eigenvalue weighted by Gasteiger charge is 2.16. The number of carbonyl (C=O) groups excluding carboxylic acids is 1. The van der Waals surface area contributed by atoms with Crippen LogP contribution in [0.1, 0.15) is 29.9 Å². The lowest BCUT2D eigenvalue weighted by Crippen LogP contribution is -2.07. The van der Waals surface area contributed by atoms with Crippen LogP contribution in [0.3, 0.4) is 0 Å². The van der Waals surface area contributed by atoms with E-state index in [9.17, 15) is 4.79 Å². The third kappa shape index (κ3) is 1.77. The van der Waals surface area contributed by atoms with E-state index in [0.717, 1.165) is 6.29 Å². The van der Waals surface area contributed by atoms with E-state index in [0.29, 0.717) is 5.92 Å². The fraction of sp³-hybridized carbons (Fsp3) is 0.308. The van der Waals surface area contributed by atoms with Crippen LogP contribution in [0, 0.1) is 0 Å². The summed E-state index contributed by atoms with van der Waals surface area (Å²) in [6, 6.07) is 8.53. The van der Waals surface area contributed by atoms with Gasteiger partial charge in [-0.05, 0) is 36.5 Å². The van der Waals surface area contributed by atoms with Crippen molar-refractivity contribution in [3.05, 3.63) is 47.5 Å². The molecule has 0 radical (unpaired) electrons. The number of hydrogen-bond acceptors (Lipinski definition) is 1. The molecular formula is C13H14O. The predicted octanol–water partition coefficient (Wildman–Crippen LogP) is 2.86. The van der Waals surface area contributed by atoms with Gasteiger partial charge in [-0.3, -0.25) is 4.79 Å². The van der Waals surface area contributed by atoms with Crippen LogP contribution in [-0.2, 0) is 11.2 Å². The summed E-state index contributed by atoms with van der Waals surface area (Å²) >= 11 is 0. The van der Waals surface area contributed by atoms with E-state index < -0.39 is 0 Å². The van der Waals surface area contributed by atoms with Crippen molar-refractivity contribution in [1.29, 1.82) is 0 Å². The largest absolute Gasteiger partial charge is 0.299 e. The quantitative estimate of drug-likeness (QED) is 0.512. The number of hydrogen-bond donors (Lipinski definition) is 0. The Morgan fingerprint density at radius 3 is 3.00 bits per heavy atom. The van der Waals surface area contributed by atoms with Crippen LogP contribution in [-0.4, -0.2) is 6.29 Å². The van der Waals surface area contributed by atoms with Gasteiger partial charge in [0.2, 0.25) is 0 Å². The summed E-state index contributed by atoms with van der Waals surface area (Å²) in [6.07, 6.45) is 8.07. The molecule has 14 heavy (non-hydrogen) atoms. The normalized spacial score (nSPS) is 20.7. The minimum absolute atomic E-state index is 0.449. The molecule has 1 atom stereocenters. The van der Waals surface area contributed by atoms with Gasteiger partial charge in [-0.25, -0.2) is 0 Å². The predicted molar refractivity (Wildman–Crippen MR) is 57.3 cm³/mol. The second kappa shape index (κ2) is 4.23. The van der Waals surface area contributed by atoms with Crippen molar-refractivity contribution in [2.24, 2.45) is 0 Å². The van der Waals surface area contributed by atoms with E-state index in [4.69, 9.17) is 0 Å². The van der Waals surface area contributed by atoms with Crippen molar-refractivity contribution in [2.75, 3.05) is 0 Å². The molecule has 1 aromatic carbocycles. The fourth-order valence-corrected chi connectivity index (χ4v) is 2.17. The second-order valence-corrected chi connectivity index (χ2v) is 3.72. The number of fused-ring (bicyclic) bond motifs is 1. The van der Waals surface area contributed by atoms with Crippen molar-refractivity contribution in [3.63, 3.8) is 0 Å². The van der Waals surface area contributed by atoms with Crippen molar-refractivity contribution < 1.29 is 4.79 Å². The van der Waals surface area contributed by atoms with Crippen LogP contribution in [0.25, 0.3) is 0 Å². The molecule has 0 aromatic heterocycles. The highest BCUT2D eigenvalue weighted by atomic mass is 16.1. The maximum atomic E-state index is 10.3. The summed E-state index contributed by atoms with van der Waals surface area (Å²) in [7, 11) is 0. The Balaban J connectivity index is 2.30. The number of aldehydes is 1. The van der Waals surface area contributed by atoms with Crippen LogP contribution >= 0.6 is 0 Å². The first-order valence-electron chi connectivity index (χ1n) is 5.11. The second-order valence-electron chi connectivity index (χ2n) is 3.72. The summed E-state index contributed by atoms with van der Waals surface area (Å²) in [5, 5.41) is 0. The maximum Gasteiger partial charge on any atom is 0.142 e. The zero-order valence-corrected chi connectivity index (χ0v) is 8.15. The molecule has 1 nitrogen and oxygen atoms in total. The van der Waals surface area contributed by atoms with Crippen LogP contribution in [0.2, 0.25) is 0 Å². The van der Waals surface area contributed by atoms with Gasteiger partial charge in [-0.2, -0.15) is 0 Å². The van der Waals surface area contributed by atoms with Crippen LogP contribution in [0.4, 0.5) is 0 Å². The maximum absolute atomic E-state index is 10.3. The van der Waals surface area contributed by atoms with Crippen LogP contribution in [0.15, 0.2) is 36.4 Å². The Kier molecular flexibility index (Phi) is 2.78. The minimum Gasteiger partial charge on any atom is -0.299 e. The molecule has 0 amide bonds. The van der Waals surface area contributed by atoms with Gasteiger partial charge in [0.25, 0.3) is 0 Å². The standard InChI is InChI=1S/C13H14O/c14-10-4-8-12-7-3-6-11-5-1-2-9-13(11)12/h1-2,4-5,8-10,12H,3,6-7H2/b8-4+. The zero-order valence-electron chi connectivity index (χ0n) is 8.15. The van der Waals surface area contributed by atoms with E-state index in [1.807, 2.05) is 6.08 Å². The summed E-state index contributed by atoms with van der Waals surface area (Å²) in [5.41, 5.74) is 2.84. The molecule has 0 saturated heterocycles. The van der Waals surface area contributed by atoms with Crippen LogP contribution in [0.5, 0.6) is 0 Å². The monoisotopic (exact) mass is 186 g/mol. The lowest BCUT2D eigenvalue weighted by molar-refractivity contribution is -0.104. The van der Waals surface area contributed by atoms with Gasteiger partial charge in [-0.15, -0.1) is 0 Å². The molecule has 0 bridgehead atoms. The molecule has 0 fully saturated rings. The van der Waals surface area contributed by atoms with E-state index in [2.05, 4.69) is 24.3 Å². The van der Waals surface area contributed by atoms with Crippen LogP contribution < -0.4 is 0 Å². The third-order valence-corrected chi connectivity index (χ3v) is 2.84.